The highest BCUT2D eigenvalue weighted by atomic mass is 32.2. The second-order valence-electron chi connectivity index (χ2n) is 9.95. The SMILES string of the molecule is CN1CCOCCNC(=O)c2ccc3c(c[nH]c3c2S(C)(=O)=O)-c2nc(ncc2C(F)(F)F)N[C@H]2CC[C@H]1C2. The topological polar surface area (TPSA) is 129 Å². The van der Waals surface area contributed by atoms with Gasteiger partial charge in [-0.15, -0.1) is 0 Å². The first-order valence-corrected chi connectivity index (χ1v) is 14.4. The fourth-order valence-electron chi connectivity index (χ4n) is 5.29. The maximum atomic E-state index is 14.0. The molecule has 1 aromatic carbocycles. The van der Waals surface area contributed by atoms with E-state index >= 15 is 0 Å². The molecule has 0 unspecified atom stereocenters. The molecule has 1 amide bonds. The van der Waals surface area contributed by atoms with Crippen molar-refractivity contribution in [3.63, 3.8) is 0 Å². The third kappa shape index (κ3) is 5.58. The van der Waals surface area contributed by atoms with Crippen LogP contribution in [0, 0.1) is 0 Å². The molecule has 3 aliphatic rings. The van der Waals surface area contributed by atoms with E-state index in [0.29, 0.717) is 13.2 Å². The summed E-state index contributed by atoms with van der Waals surface area (Å²) in [5.74, 6) is -0.581. The van der Waals surface area contributed by atoms with Crippen molar-refractivity contribution < 1.29 is 31.1 Å². The maximum absolute atomic E-state index is 14.0. The molecule has 1 aliphatic carbocycles. The lowest BCUT2D eigenvalue weighted by atomic mass is 10.0. The number of hydrogen-bond donors (Lipinski definition) is 3. The Kier molecular flexibility index (Phi) is 7.29. The molecule has 0 radical (unpaired) electrons. The zero-order valence-corrected chi connectivity index (χ0v) is 22.2. The number of sulfone groups is 1. The Labute approximate surface area is 223 Å². The number of likely N-dealkylation sites (N-methyl/N-ethyl adjacent to an activating group) is 1. The Hall–Kier alpha value is -3.23. The van der Waals surface area contributed by atoms with E-state index in [1.165, 1.54) is 18.3 Å². The lowest BCUT2D eigenvalue weighted by molar-refractivity contribution is -0.137. The summed E-state index contributed by atoms with van der Waals surface area (Å²) >= 11 is 0. The van der Waals surface area contributed by atoms with Crippen LogP contribution in [0.2, 0.25) is 0 Å². The standard InChI is InChI=1S/C25H29F3N6O4S/c1-34-8-10-38-9-7-29-23(35)17-6-5-16-18(12-30-21(16)22(17)39(2,36)37)20-19(25(26,27)28)13-31-24(33-20)32-14-3-4-15(34)11-14/h5-6,12-15,30H,3-4,7-11H2,1-2H3,(H,29,35)(H,31,32,33)/t14-,15-/m0/s1. The minimum absolute atomic E-state index is 0.0220. The van der Waals surface area contributed by atoms with E-state index in [4.69, 9.17) is 4.74 Å². The van der Waals surface area contributed by atoms with Crippen LogP contribution in [0.3, 0.4) is 0 Å². The Balaban J connectivity index is 1.66. The van der Waals surface area contributed by atoms with E-state index in [2.05, 4.69) is 30.5 Å². The molecule has 8 bridgehead atoms. The first kappa shape index (κ1) is 27.3. The number of alkyl halides is 3. The Morgan fingerprint density at radius 3 is 2.69 bits per heavy atom. The number of rotatable bonds is 1. The number of amides is 1. The number of H-pyrrole nitrogens is 1. The Morgan fingerprint density at radius 1 is 1.15 bits per heavy atom. The molecule has 2 aliphatic heterocycles. The van der Waals surface area contributed by atoms with Gasteiger partial charge in [0.2, 0.25) is 5.95 Å². The number of carbonyl (C=O) groups excluding carboxylic acids is 1. The van der Waals surface area contributed by atoms with E-state index in [9.17, 15) is 26.4 Å². The van der Waals surface area contributed by atoms with Crippen molar-refractivity contribution >= 4 is 32.6 Å². The van der Waals surface area contributed by atoms with E-state index in [1.54, 1.807) is 0 Å². The Bertz CT molecular complexity index is 1510. The molecular formula is C25H29F3N6O4S. The maximum Gasteiger partial charge on any atom is 0.419 e. The molecule has 0 spiro atoms. The molecule has 39 heavy (non-hydrogen) atoms. The van der Waals surface area contributed by atoms with Crippen molar-refractivity contribution in [2.45, 2.75) is 42.4 Å². The number of ether oxygens (including phenoxy) is 1. The molecule has 10 nitrogen and oxygen atoms in total. The summed E-state index contributed by atoms with van der Waals surface area (Å²) in [6.07, 6.45) is 0.670. The number of halogens is 3. The van der Waals surface area contributed by atoms with Gasteiger partial charge < -0.3 is 25.3 Å². The fourth-order valence-corrected chi connectivity index (χ4v) is 6.39. The molecular weight excluding hydrogens is 537 g/mol. The van der Waals surface area contributed by atoms with Gasteiger partial charge in [0.25, 0.3) is 5.91 Å². The van der Waals surface area contributed by atoms with Crippen LogP contribution < -0.4 is 10.6 Å². The molecule has 210 valence electrons. The molecule has 2 atom stereocenters. The predicted molar refractivity (Wildman–Crippen MR) is 138 cm³/mol. The molecule has 0 saturated heterocycles. The van der Waals surface area contributed by atoms with Crippen LogP contribution in [0.5, 0.6) is 0 Å². The zero-order valence-electron chi connectivity index (χ0n) is 21.4. The van der Waals surface area contributed by atoms with Crippen LogP contribution in [-0.4, -0.2) is 85.9 Å². The Morgan fingerprint density at radius 2 is 1.95 bits per heavy atom. The molecule has 1 saturated carbocycles. The molecule has 6 rings (SSSR count). The number of hydrogen-bond acceptors (Lipinski definition) is 8. The highest BCUT2D eigenvalue weighted by molar-refractivity contribution is 7.91. The lowest BCUT2D eigenvalue weighted by Crippen LogP contribution is -2.34. The highest BCUT2D eigenvalue weighted by Crippen LogP contribution is 2.40. The van der Waals surface area contributed by atoms with Crippen LogP contribution in [0.4, 0.5) is 19.1 Å². The summed E-state index contributed by atoms with van der Waals surface area (Å²) < 4.78 is 73.4. The summed E-state index contributed by atoms with van der Waals surface area (Å²) in [5.41, 5.74) is -1.49. The van der Waals surface area contributed by atoms with Gasteiger partial charge in [-0.25, -0.2) is 18.4 Å². The molecule has 4 heterocycles. The van der Waals surface area contributed by atoms with Gasteiger partial charge in [-0.2, -0.15) is 13.2 Å². The molecule has 14 heteroatoms. The van der Waals surface area contributed by atoms with Crippen molar-refractivity contribution in [1.82, 2.24) is 25.2 Å². The number of benzene rings is 1. The van der Waals surface area contributed by atoms with Gasteiger partial charge in [-0.3, -0.25) is 4.79 Å². The number of fused-ring (bicyclic) bond motifs is 8. The summed E-state index contributed by atoms with van der Waals surface area (Å²) in [5, 5.41) is 6.03. The molecule has 2 aromatic heterocycles. The van der Waals surface area contributed by atoms with Gasteiger partial charge in [0, 0.05) is 54.8 Å². The first-order valence-electron chi connectivity index (χ1n) is 12.5. The number of anilines is 1. The number of aromatic nitrogens is 3. The number of nitrogens with zero attached hydrogens (tertiary/aromatic N) is 3. The average molecular weight is 567 g/mol. The molecule has 3 aromatic rings. The van der Waals surface area contributed by atoms with Gasteiger partial charge in [0.05, 0.1) is 30.0 Å². The van der Waals surface area contributed by atoms with E-state index in [-0.39, 0.29) is 63.8 Å². The van der Waals surface area contributed by atoms with Gasteiger partial charge in [0.1, 0.15) is 10.5 Å². The first-order chi connectivity index (χ1) is 18.4. The van der Waals surface area contributed by atoms with Gasteiger partial charge in [-0.1, -0.05) is 6.07 Å². The van der Waals surface area contributed by atoms with Crippen LogP contribution in [0.1, 0.15) is 35.2 Å². The zero-order chi connectivity index (χ0) is 27.9. The summed E-state index contributed by atoms with van der Waals surface area (Å²) in [7, 11) is -1.98. The third-order valence-electron chi connectivity index (χ3n) is 7.26. The van der Waals surface area contributed by atoms with E-state index in [0.717, 1.165) is 31.7 Å². The van der Waals surface area contributed by atoms with E-state index in [1.807, 2.05) is 7.05 Å². The van der Waals surface area contributed by atoms with Crippen molar-refractivity contribution in [1.29, 1.82) is 0 Å². The van der Waals surface area contributed by atoms with Crippen LogP contribution in [0.15, 0.2) is 29.4 Å². The summed E-state index contributed by atoms with van der Waals surface area (Å²) in [6, 6.07) is 2.96. The van der Waals surface area contributed by atoms with Crippen molar-refractivity contribution in [3.8, 4) is 11.3 Å². The molecule has 1 fully saturated rings. The summed E-state index contributed by atoms with van der Waals surface area (Å²) in [4.78, 5) is 25.8. The quantitative estimate of drug-likeness (QED) is 0.384. The largest absolute Gasteiger partial charge is 0.419 e. The highest BCUT2D eigenvalue weighted by Gasteiger charge is 2.37. The van der Waals surface area contributed by atoms with Gasteiger partial charge in [-0.05, 0) is 32.4 Å². The van der Waals surface area contributed by atoms with Crippen LogP contribution >= 0.6 is 0 Å². The number of nitrogens with one attached hydrogen (secondary N) is 3. The minimum Gasteiger partial charge on any atom is -0.378 e. The normalized spacial score (nSPS) is 21.7. The monoisotopic (exact) mass is 566 g/mol. The van der Waals surface area contributed by atoms with E-state index < -0.39 is 27.5 Å². The minimum atomic E-state index is -4.76. The predicted octanol–water partition coefficient (Wildman–Crippen LogP) is 3.07. The van der Waals surface area contributed by atoms with Crippen LogP contribution in [0.25, 0.3) is 22.2 Å². The second kappa shape index (κ2) is 10.4. The van der Waals surface area contributed by atoms with Gasteiger partial charge in [0.15, 0.2) is 9.84 Å². The third-order valence-corrected chi connectivity index (χ3v) is 8.42. The lowest BCUT2D eigenvalue weighted by Gasteiger charge is -2.24. The van der Waals surface area contributed by atoms with Crippen LogP contribution in [-0.2, 0) is 20.8 Å². The second-order valence-corrected chi connectivity index (χ2v) is 11.9. The number of aromatic amines is 1. The smallest absolute Gasteiger partial charge is 0.378 e. The number of carbonyl (C=O) groups is 1. The fraction of sp³-hybridized carbons (Fsp3) is 0.480. The van der Waals surface area contributed by atoms with Gasteiger partial charge >= 0.3 is 6.18 Å². The van der Waals surface area contributed by atoms with Crippen molar-refractivity contribution in [2.24, 2.45) is 0 Å². The van der Waals surface area contributed by atoms with Crippen molar-refractivity contribution in [2.75, 3.05) is 44.9 Å². The summed E-state index contributed by atoms with van der Waals surface area (Å²) in [6.45, 7) is 1.50. The average Bonchev–Trinajstić information content (AvgIpc) is 3.50. The molecule has 3 N–H and O–H groups in total. The van der Waals surface area contributed by atoms with Crippen molar-refractivity contribution in [3.05, 3.63) is 35.7 Å².